The van der Waals surface area contributed by atoms with Crippen LogP contribution in [0.2, 0.25) is 0 Å². The summed E-state index contributed by atoms with van der Waals surface area (Å²) < 4.78 is 19.4. The molecule has 102 valence electrons. The molecular weight excluding hydrogens is 241 g/mol. The maximum absolute atomic E-state index is 13.6. The normalized spacial score (nSPS) is 23.3. The lowest BCUT2D eigenvalue weighted by molar-refractivity contribution is 0.463. The minimum absolute atomic E-state index is 0.262. The lowest BCUT2D eigenvalue weighted by Crippen LogP contribution is -2.26. The average molecular weight is 261 g/mol. The second-order valence-electron chi connectivity index (χ2n) is 5.47. The van der Waals surface area contributed by atoms with E-state index in [1.807, 2.05) is 12.1 Å². The van der Waals surface area contributed by atoms with Crippen molar-refractivity contribution >= 4 is 11.0 Å². The zero-order valence-electron chi connectivity index (χ0n) is 11.3. The minimum Gasteiger partial charge on any atom is -0.458 e. The maximum Gasteiger partial charge on any atom is 0.169 e. The van der Waals surface area contributed by atoms with Gasteiger partial charge in [-0.25, -0.2) is 4.39 Å². The first kappa shape index (κ1) is 12.7. The van der Waals surface area contributed by atoms with Gasteiger partial charge in [0.05, 0.1) is 0 Å². The Labute approximate surface area is 113 Å². The summed E-state index contributed by atoms with van der Waals surface area (Å²) in [4.78, 5) is 0. The summed E-state index contributed by atoms with van der Waals surface area (Å²) in [6.45, 7) is 3.26. The van der Waals surface area contributed by atoms with Crippen molar-refractivity contribution in [2.45, 2.75) is 44.6 Å². The monoisotopic (exact) mass is 261 g/mol. The van der Waals surface area contributed by atoms with Gasteiger partial charge >= 0.3 is 0 Å². The van der Waals surface area contributed by atoms with E-state index in [2.05, 4.69) is 12.2 Å². The van der Waals surface area contributed by atoms with Crippen molar-refractivity contribution in [3.8, 4) is 0 Å². The number of benzene rings is 1. The average Bonchev–Trinajstić information content (AvgIpc) is 3.03. The first-order chi connectivity index (χ1) is 9.28. The highest BCUT2D eigenvalue weighted by atomic mass is 19.1. The Hall–Kier alpha value is -1.35. The summed E-state index contributed by atoms with van der Waals surface area (Å²) in [7, 11) is 0. The van der Waals surface area contributed by atoms with E-state index in [1.54, 1.807) is 6.07 Å². The molecule has 3 heteroatoms. The summed E-state index contributed by atoms with van der Waals surface area (Å²) in [6, 6.07) is 7.69. The van der Waals surface area contributed by atoms with E-state index < -0.39 is 0 Å². The molecule has 1 aromatic heterocycles. The van der Waals surface area contributed by atoms with Crippen LogP contribution in [0.15, 0.2) is 28.7 Å². The van der Waals surface area contributed by atoms with Gasteiger partial charge in [0.2, 0.25) is 0 Å². The fourth-order valence-electron chi connectivity index (χ4n) is 3.02. The predicted molar refractivity (Wildman–Crippen MR) is 74.8 cm³/mol. The number of fused-ring (bicyclic) bond motifs is 1. The van der Waals surface area contributed by atoms with Crippen molar-refractivity contribution < 1.29 is 8.81 Å². The molecule has 2 nitrogen and oxygen atoms in total. The van der Waals surface area contributed by atoms with Crippen molar-refractivity contribution in [3.63, 3.8) is 0 Å². The molecule has 2 aromatic rings. The molecule has 2 atom stereocenters. The molecule has 1 aliphatic carbocycles. The van der Waals surface area contributed by atoms with E-state index in [-0.39, 0.29) is 5.82 Å². The molecule has 2 unspecified atom stereocenters. The molecule has 0 spiro atoms. The number of halogens is 1. The van der Waals surface area contributed by atoms with Crippen LogP contribution < -0.4 is 5.32 Å². The van der Waals surface area contributed by atoms with Crippen LogP contribution in [0.25, 0.3) is 11.0 Å². The Morgan fingerprint density at radius 1 is 1.37 bits per heavy atom. The topological polar surface area (TPSA) is 25.2 Å². The molecule has 0 aliphatic heterocycles. The van der Waals surface area contributed by atoms with Crippen LogP contribution in [-0.2, 0) is 0 Å². The number of furan rings is 1. The van der Waals surface area contributed by atoms with Gasteiger partial charge < -0.3 is 9.73 Å². The Kier molecular flexibility index (Phi) is 3.56. The van der Waals surface area contributed by atoms with E-state index >= 15 is 0 Å². The van der Waals surface area contributed by atoms with Crippen molar-refractivity contribution in [1.29, 1.82) is 0 Å². The number of nitrogens with one attached hydrogen (secondary N) is 1. The molecule has 0 amide bonds. The van der Waals surface area contributed by atoms with Crippen LogP contribution in [0.5, 0.6) is 0 Å². The summed E-state index contributed by atoms with van der Waals surface area (Å²) in [6.07, 6.45) is 4.57. The molecule has 0 radical (unpaired) electrons. The molecule has 1 heterocycles. The predicted octanol–water partition coefficient (Wildman–Crippen LogP) is 4.21. The lowest BCUT2D eigenvalue weighted by Gasteiger charge is -2.11. The quantitative estimate of drug-likeness (QED) is 0.892. The number of rotatable bonds is 4. The van der Waals surface area contributed by atoms with E-state index in [0.29, 0.717) is 17.5 Å². The Morgan fingerprint density at radius 3 is 3.05 bits per heavy atom. The molecule has 1 aromatic carbocycles. The Balaban J connectivity index is 1.76. The third-order valence-corrected chi connectivity index (χ3v) is 4.03. The van der Waals surface area contributed by atoms with E-state index in [9.17, 15) is 4.39 Å². The van der Waals surface area contributed by atoms with Gasteiger partial charge in [-0.15, -0.1) is 0 Å². The third kappa shape index (κ3) is 2.52. The number of hydrogen-bond donors (Lipinski definition) is 1. The van der Waals surface area contributed by atoms with Gasteiger partial charge in [0, 0.05) is 17.3 Å². The zero-order valence-corrected chi connectivity index (χ0v) is 11.3. The second-order valence-corrected chi connectivity index (χ2v) is 5.47. The highest BCUT2D eigenvalue weighted by molar-refractivity contribution is 5.78. The third-order valence-electron chi connectivity index (χ3n) is 4.03. The van der Waals surface area contributed by atoms with Gasteiger partial charge in [0.15, 0.2) is 11.4 Å². The molecule has 3 rings (SSSR count). The Morgan fingerprint density at radius 2 is 2.26 bits per heavy atom. The van der Waals surface area contributed by atoms with E-state index in [0.717, 1.165) is 37.0 Å². The van der Waals surface area contributed by atoms with Crippen molar-refractivity contribution in [3.05, 3.63) is 35.8 Å². The van der Waals surface area contributed by atoms with Crippen LogP contribution in [0.1, 0.15) is 44.3 Å². The van der Waals surface area contributed by atoms with E-state index in [1.165, 1.54) is 12.5 Å². The lowest BCUT2D eigenvalue weighted by atomic mass is 10.0. The molecule has 0 bridgehead atoms. The van der Waals surface area contributed by atoms with Crippen LogP contribution in [0.3, 0.4) is 0 Å². The van der Waals surface area contributed by atoms with Gasteiger partial charge in [-0.1, -0.05) is 19.1 Å². The van der Waals surface area contributed by atoms with Crippen LogP contribution in [0.4, 0.5) is 4.39 Å². The maximum atomic E-state index is 13.6. The first-order valence-corrected chi connectivity index (χ1v) is 7.19. The fourth-order valence-corrected chi connectivity index (χ4v) is 3.02. The van der Waals surface area contributed by atoms with Gasteiger partial charge in [-0.2, -0.15) is 0 Å². The summed E-state index contributed by atoms with van der Waals surface area (Å²) in [5, 5.41) is 4.44. The molecule has 1 saturated carbocycles. The van der Waals surface area contributed by atoms with Gasteiger partial charge in [-0.3, -0.25) is 0 Å². The smallest absolute Gasteiger partial charge is 0.169 e. The summed E-state index contributed by atoms with van der Waals surface area (Å²) in [5.74, 6) is 1.12. The second kappa shape index (κ2) is 5.33. The highest BCUT2D eigenvalue weighted by Gasteiger charge is 2.28. The number of hydrogen-bond acceptors (Lipinski definition) is 2. The highest BCUT2D eigenvalue weighted by Crippen LogP contribution is 2.37. The zero-order chi connectivity index (χ0) is 13.2. The molecule has 0 saturated heterocycles. The van der Waals surface area contributed by atoms with Crippen molar-refractivity contribution in [2.75, 3.05) is 6.54 Å². The van der Waals surface area contributed by atoms with Crippen LogP contribution >= 0.6 is 0 Å². The largest absolute Gasteiger partial charge is 0.458 e. The van der Waals surface area contributed by atoms with E-state index in [4.69, 9.17) is 4.42 Å². The van der Waals surface area contributed by atoms with Gasteiger partial charge in [0.25, 0.3) is 0 Å². The van der Waals surface area contributed by atoms with Crippen LogP contribution in [-0.4, -0.2) is 12.6 Å². The van der Waals surface area contributed by atoms with Crippen LogP contribution in [0, 0.1) is 5.82 Å². The standard InChI is InChI=1S/C16H20FNO/c1-2-8-18-13-7-6-11(9-13)15-10-12-4-3-5-14(17)16(12)19-15/h3-5,10-11,13,18H,2,6-9H2,1H3. The van der Waals surface area contributed by atoms with Gasteiger partial charge in [-0.05, 0) is 44.4 Å². The Bertz CT molecular complexity index is 563. The molecule has 1 fully saturated rings. The molecule has 1 aliphatic rings. The first-order valence-electron chi connectivity index (χ1n) is 7.19. The van der Waals surface area contributed by atoms with Gasteiger partial charge in [0.1, 0.15) is 5.76 Å². The molecule has 19 heavy (non-hydrogen) atoms. The van der Waals surface area contributed by atoms with Crippen molar-refractivity contribution in [2.24, 2.45) is 0 Å². The molecule has 1 N–H and O–H groups in total. The van der Waals surface area contributed by atoms with Crippen molar-refractivity contribution in [1.82, 2.24) is 5.32 Å². The summed E-state index contributed by atoms with van der Waals surface area (Å²) >= 11 is 0. The summed E-state index contributed by atoms with van der Waals surface area (Å²) in [5.41, 5.74) is 0.405. The molecular formula is C16H20FNO. The SMILES string of the molecule is CCCNC1CCC(c2cc3cccc(F)c3o2)C1. The fraction of sp³-hybridized carbons (Fsp3) is 0.500. The number of para-hydroxylation sites is 1. The minimum atomic E-state index is -0.262.